The van der Waals surface area contributed by atoms with Crippen LogP contribution < -0.4 is 5.32 Å². The van der Waals surface area contributed by atoms with Crippen LogP contribution >= 0.6 is 11.6 Å². The second-order valence-corrected chi connectivity index (χ2v) is 4.38. The van der Waals surface area contributed by atoms with Crippen LogP contribution in [0, 0.1) is 21.7 Å². The lowest BCUT2D eigenvalue weighted by Gasteiger charge is -2.08. The van der Waals surface area contributed by atoms with Crippen molar-refractivity contribution >= 4 is 28.9 Å². The number of amides is 1. The number of hydrogen-bond donors (Lipinski definition) is 1. The van der Waals surface area contributed by atoms with E-state index in [2.05, 4.69) is 5.32 Å². The van der Waals surface area contributed by atoms with Gasteiger partial charge in [0.25, 0.3) is 5.91 Å². The van der Waals surface area contributed by atoms with Crippen molar-refractivity contribution < 1.29 is 18.5 Å². The molecule has 5 nitrogen and oxygen atoms in total. The standard InChI is InChI=1S/C13H7ClF2N2O3/c14-8-2-1-3-10(16)12(8)17-13(19)7-4-5-9(15)11(6-7)18(20)21/h1-6H,(H,17,19). The number of anilines is 1. The van der Waals surface area contributed by atoms with Crippen LogP contribution in [0.5, 0.6) is 0 Å². The molecule has 8 heteroatoms. The molecule has 0 radical (unpaired) electrons. The second-order valence-electron chi connectivity index (χ2n) is 3.97. The van der Waals surface area contributed by atoms with Crippen molar-refractivity contribution in [3.63, 3.8) is 0 Å². The van der Waals surface area contributed by atoms with Crippen molar-refractivity contribution in [2.75, 3.05) is 5.32 Å². The smallest absolute Gasteiger partial charge is 0.305 e. The predicted octanol–water partition coefficient (Wildman–Crippen LogP) is 3.78. The van der Waals surface area contributed by atoms with Crippen molar-refractivity contribution in [2.24, 2.45) is 0 Å². The zero-order valence-electron chi connectivity index (χ0n) is 10.3. The van der Waals surface area contributed by atoms with E-state index in [1.165, 1.54) is 12.1 Å². The molecule has 0 fully saturated rings. The van der Waals surface area contributed by atoms with Gasteiger partial charge in [-0.1, -0.05) is 17.7 Å². The number of halogens is 3. The fourth-order valence-corrected chi connectivity index (χ4v) is 1.81. The number of benzene rings is 2. The minimum atomic E-state index is -1.07. The minimum absolute atomic E-state index is 0.0278. The maximum Gasteiger partial charge on any atom is 0.305 e. The number of carbonyl (C=O) groups is 1. The quantitative estimate of drug-likeness (QED) is 0.692. The van der Waals surface area contributed by atoms with Crippen LogP contribution in [0.25, 0.3) is 0 Å². The van der Waals surface area contributed by atoms with Gasteiger partial charge < -0.3 is 5.32 Å². The molecule has 1 amide bonds. The number of para-hydroxylation sites is 1. The van der Waals surface area contributed by atoms with E-state index in [4.69, 9.17) is 11.6 Å². The Kier molecular flexibility index (Phi) is 4.13. The highest BCUT2D eigenvalue weighted by molar-refractivity contribution is 6.34. The Hall–Kier alpha value is -2.54. The van der Waals surface area contributed by atoms with Gasteiger partial charge in [0.1, 0.15) is 5.82 Å². The Balaban J connectivity index is 2.33. The molecular formula is C13H7ClF2N2O3. The number of nitrogens with one attached hydrogen (secondary N) is 1. The van der Waals surface area contributed by atoms with E-state index >= 15 is 0 Å². The molecule has 0 bridgehead atoms. The molecule has 0 unspecified atom stereocenters. The molecule has 0 spiro atoms. The fourth-order valence-electron chi connectivity index (χ4n) is 1.60. The molecule has 0 atom stereocenters. The van der Waals surface area contributed by atoms with Crippen molar-refractivity contribution in [1.82, 2.24) is 0 Å². The summed E-state index contributed by atoms with van der Waals surface area (Å²) >= 11 is 5.75. The zero-order chi connectivity index (χ0) is 15.6. The van der Waals surface area contributed by atoms with E-state index in [1.54, 1.807) is 0 Å². The Bertz CT molecular complexity index is 717. The molecule has 0 aliphatic heterocycles. The molecule has 2 rings (SSSR count). The van der Waals surface area contributed by atoms with Crippen LogP contribution in [0.15, 0.2) is 36.4 Å². The van der Waals surface area contributed by atoms with E-state index in [1.807, 2.05) is 0 Å². The van der Waals surface area contributed by atoms with Gasteiger partial charge in [-0.15, -0.1) is 0 Å². The summed E-state index contributed by atoms with van der Waals surface area (Å²) in [5, 5.41) is 12.8. The molecule has 0 saturated heterocycles. The molecule has 0 aliphatic carbocycles. The SMILES string of the molecule is O=C(Nc1c(F)cccc1Cl)c1ccc(F)c([N+](=O)[O-])c1. The van der Waals surface area contributed by atoms with Crippen molar-refractivity contribution in [3.05, 3.63) is 68.7 Å². The van der Waals surface area contributed by atoms with Crippen molar-refractivity contribution in [1.29, 1.82) is 0 Å². The lowest BCUT2D eigenvalue weighted by Crippen LogP contribution is -2.14. The first-order valence-corrected chi connectivity index (χ1v) is 5.97. The summed E-state index contributed by atoms with van der Waals surface area (Å²) in [5.41, 5.74) is -1.29. The molecule has 21 heavy (non-hydrogen) atoms. The summed E-state index contributed by atoms with van der Waals surface area (Å²) in [6.45, 7) is 0. The number of hydrogen-bond acceptors (Lipinski definition) is 3. The predicted molar refractivity (Wildman–Crippen MR) is 72.4 cm³/mol. The Morgan fingerprint density at radius 3 is 2.52 bits per heavy atom. The van der Waals surface area contributed by atoms with Gasteiger partial charge in [0.15, 0.2) is 0 Å². The molecule has 0 aliphatic rings. The summed E-state index contributed by atoms with van der Waals surface area (Å²) in [4.78, 5) is 21.6. The number of nitrogens with zero attached hydrogens (tertiary/aromatic N) is 1. The molecule has 2 aromatic carbocycles. The first-order valence-electron chi connectivity index (χ1n) is 5.59. The van der Waals surface area contributed by atoms with Gasteiger partial charge in [-0.3, -0.25) is 14.9 Å². The molecule has 1 N–H and O–H groups in total. The summed E-state index contributed by atoms with van der Waals surface area (Å²) in [6, 6.07) is 6.42. The van der Waals surface area contributed by atoms with E-state index in [0.29, 0.717) is 0 Å². The second kappa shape index (κ2) is 5.84. The fraction of sp³-hybridized carbons (Fsp3) is 0. The normalized spacial score (nSPS) is 10.2. The first-order chi connectivity index (χ1) is 9.90. The molecule has 0 aromatic heterocycles. The Morgan fingerprint density at radius 2 is 1.90 bits per heavy atom. The third kappa shape index (κ3) is 3.14. The van der Waals surface area contributed by atoms with Gasteiger partial charge in [0.05, 0.1) is 15.6 Å². The molecule has 0 saturated carbocycles. The molecular weight excluding hydrogens is 306 g/mol. The minimum Gasteiger partial charge on any atom is -0.318 e. The maximum atomic E-state index is 13.5. The largest absolute Gasteiger partial charge is 0.318 e. The van der Waals surface area contributed by atoms with Gasteiger partial charge in [-0.2, -0.15) is 4.39 Å². The van der Waals surface area contributed by atoms with Crippen LogP contribution in [-0.4, -0.2) is 10.8 Å². The molecule has 108 valence electrons. The van der Waals surface area contributed by atoms with E-state index in [9.17, 15) is 23.7 Å². The van der Waals surface area contributed by atoms with Crippen LogP contribution in [0.4, 0.5) is 20.2 Å². The highest BCUT2D eigenvalue weighted by Crippen LogP contribution is 2.26. The van der Waals surface area contributed by atoms with Gasteiger partial charge in [0.2, 0.25) is 5.82 Å². The average Bonchev–Trinajstić information content (AvgIpc) is 2.43. The number of carbonyl (C=O) groups excluding carboxylic acids is 1. The summed E-state index contributed by atoms with van der Waals surface area (Å²) < 4.78 is 26.7. The van der Waals surface area contributed by atoms with Crippen LogP contribution in [0.1, 0.15) is 10.4 Å². The van der Waals surface area contributed by atoms with Crippen molar-refractivity contribution in [2.45, 2.75) is 0 Å². The van der Waals surface area contributed by atoms with Crippen LogP contribution in [-0.2, 0) is 0 Å². The Morgan fingerprint density at radius 1 is 1.19 bits per heavy atom. The highest BCUT2D eigenvalue weighted by atomic mass is 35.5. The molecule has 0 heterocycles. The molecule has 2 aromatic rings. The van der Waals surface area contributed by atoms with Gasteiger partial charge in [-0.25, -0.2) is 4.39 Å². The number of nitro groups is 1. The highest BCUT2D eigenvalue weighted by Gasteiger charge is 2.19. The summed E-state index contributed by atoms with van der Waals surface area (Å²) in [6.07, 6.45) is 0. The third-order valence-corrected chi connectivity index (χ3v) is 2.92. The average molecular weight is 313 g/mol. The monoisotopic (exact) mass is 312 g/mol. The first kappa shape index (κ1) is 14.9. The van der Waals surface area contributed by atoms with Gasteiger partial charge in [-0.05, 0) is 24.3 Å². The van der Waals surface area contributed by atoms with E-state index < -0.39 is 28.2 Å². The summed E-state index contributed by atoms with van der Waals surface area (Å²) in [7, 11) is 0. The van der Waals surface area contributed by atoms with E-state index in [-0.39, 0.29) is 16.3 Å². The van der Waals surface area contributed by atoms with Gasteiger partial charge in [0, 0.05) is 11.6 Å². The number of nitro benzene ring substituents is 1. The van der Waals surface area contributed by atoms with Crippen LogP contribution in [0.2, 0.25) is 5.02 Å². The lowest BCUT2D eigenvalue weighted by atomic mass is 10.1. The van der Waals surface area contributed by atoms with Crippen LogP contribution in [0.3, 0.4) is 0 Å². The topological polar surface area (TPSA) is 72.2 Å². The lowest BCUT2D eigenvalue weighted by molar-refractivity contribution is -0.387. The zero-order valence-corrected chi connectivity index (χ0v) is 11.0. The Labute approximate surface area is 122 Å². The van der Waals surface area contributed by atoms with Crippen molar-refractivity contribution in [3.8, 4) is 0 Å². The summed E-state index contributed by atoms with van der Waals surface area (Å²) in [5.74, 6) is -2.67. The third-order valence-electron chi connectivity index (χ3n) is 2.61. The van der Waals surface area contributed by atoms with E-state index in [0.717, 1.165) is 24.3 Å². The maximum absolute atomic E-state index is 13.5. The van der Waals surface area contributed by atoms with Gasteiger partial charge >= 0.3 is 5.69 Å². The number of rotatable bonds is 3.